The Balaban J connectivity index is 0.00000210. The highest BCUT2D eigenvalue weighted by molar-refractivity contribution is 14.0. The maximum Gasteiger partial charge on any atom is 0.243 e. The third-order valence-electron chi connectivity index (χ3n) is 6.71. The fourth-order valence-corrected chi connectivity index (χ4v) is 4.53. The van der Waals surface area contributed by atoms with Gasteiger partial charge in [-0.15, -0.1) is 24.0 Å². The second-order valence-corrected chi connectivity index (χ2v) is 9.06. The van der Waals surface area contributed by atoms with Crippen molar-refractivity contribution in [1.82, 2.24) is 15.1 Å². The van der Waals surface area contributed by atoms with E-state index in [4.69, 9.17) is 9.73 Å². The summed E-state index contributed by atoms with van der Waals surface area (Å²) in [7, 11) is 3.60. The molecule has 4 rings (SSSR count). The van der Waals surface area contributed by atoms with Crippen molar-refractivity contribution < 1.29 is 9.53 Å². The highest BCUT2D eigenvalue weighted by Gasteiger charge is 2.44. The second-order valence-electron chi connectivity index (χ2n) is 9.06. The van der Waals surface area contributed by atoms with Crippen molar-refractivity contribution in [3.8, 4) is 0 Å². The lowest BCUT2D eigenvalue weighted by Gasteiger charge is -2.34. The SMILES string of the molecule is CN(C)C(=O)CN=C(NC(C1CC1)C1CC1)N1CCC2(CCOCC2)C1.I. The monoisotopic (exact) mass is 490 g/mol. The molecule has 2 saturated heterocycles. The summed E-state index contributed by atoms with van der Waals surface area (Å²) in [4.78, 5) is 20.9. The Morgan fingerprint density at radius 1 is 1.19 bits per heavy atom. The largest absolute Gasteiger partial charge is 0.381 e. The van der Waals surface area contributed by atoms with Crippen molar-refractivity contribution in [3.63, 3.8) is 0 Å². The van der Waals surface area contributed by atoms with Gasteiger partial charge in [-0.05, 0) is 62.2 Å². The van der Waals surface area contributed by atoms with Crippen molar-refractivity contribution in [2.45, 2.75) is 51.0 Å². The van der Waals surface area contributed by atoms with Crippen LogP contribution in [0.25, 0.3) is 0 Å². The van der Waals surface area contributed by atoms with Crippen LogP contribution in [-0.4, -0.2) is 74.7 Å². The number of carbonyl (C=O) groups excluding carboxylic acids is 1. The van der Waals surface area contributed by atoms with Crippen molar-refractivity contribution >= 4 is 35.8 Å². The van der Waals surface area contributed by atoms with Gasteiger partial charge in [-0.3, -0.25) is 4.79 Å². The number of amides is 1. The zero-order chi connectivity index (χ0) is 18.1. The van der Waals surface area contributed by atoms with Gasteiger partial charge < -0.3 is 19.9 Å². The van der Waals surface area contributed by atoms with Crippen molar-refractivity contribution in [2.24, 2.45) is 22.2 Å². The zero-order valence-electron chi connectivity index (χ0n) is 16.8. The van der Waals surface area contributed by atoms with E-state index in [1.54, 1.807) is 19.0 Å². The Bertz CT molecular complexity index is 542. The number of hydrogen-bond acceptors (Lipinski definition) is 3. The first-order chi connectivity index (χ1) is 12.6. The Kier molecular flexibility index (Phi) is 6.93. The lowest BCUT2D eigenvalue weighted by molar-refractivity contribution is -0.127. The molecule has 6 nitrogen and oxygen atoms in total. The van der Waals surface area contributed by atoms with E-state index in [9.17, 15) is 4.79 Å². The number of nitrogens with one attached hydrogen (secondary N) is 1. The molecule has 2 aliphatic heterocycles. The molecule has 0 aromatic carbocycles. The molecule has 154 valence electrons. The smallest absolute Gasteiger partial charge is 0.243 e. The molecule has 0 atom stereocenters. The first kappa shape index (κ1) is 21.1. The minimum absolute atomic E-state index is 0. The molecule has 0 bridgehead atoms. The summed E-state index contributed by atoms with van der Waals surface area (Å²) in [5, 5.41) is 3.81. The first-order valence-electron chi connectivity index (χ1n) is 10.4. The number of nitrogens with zero attached hydrogens (tertiary/aromatic N) is 3. The second kappa shape index (κ2) is 8.84. The molecular weight excluding hydrogens is 455 g/mol. The fourth-order valence-electron chi connectivity index (χ4n) is 4.53. The van der Waals surface area contributed by atoms with Gasteiger partial charge in [0.15, 0.2) is 5.96 Å². The van der Waals surface area contributed by atoms with E-state index in [-0.39, 0.29) is 36.4 Å². The number of ether oxygens (including phenoxy) is 1. The summed E-state index contributed by atoms with van der Waals surface area (Å²) < 4.78 is 5.59. The van der Waals surface area contributed by atoms with E-state index in [2.05, 4.69) is 10.2 Å². The van der Waals surface area contributed by atoms with Crippen LogP contribution in [-0.2, 0) is 9.53 Å². The predicted molar refractivity (Wildman–Crippen MR) is 117 cm³/mol. The van der Waals surface area contributed by atoms with Gasteiger partial charge in [0.2, 0.25) is 5.91 Å². The quantitative estimate of drug-likeness (QED) is 0.365. The molecule has 0 radical (unpaired) electrons. The minimum Gasteiger partial charge on any atom is -0.381 e. The van der Waals surface area contributed by atoms with Gasteiger partial charge in [0, 0.05) is 46.4 Å². The maximum atomic E-state index is 12.1. The van der Waals surface area contributed by atoms with Crippen LogP contribution in [0, 0.1) is 17.3 Å². The standard InChI is InChI=1S/C20H34N4O2.HI/c1-23(2)17(25)13-21-19(22-18(15-3-4-15)16-5-6-16)24-10-7-20(14-24)8-11-26-12-9-20;/h15-16,18H,3-14H2,1-2H3,(H,21,22);1H. The van der Waals surface area contributed by atoms with E-state index in [1.807, 2.05) is 0 Å². The van der Waals surface area contributed by atoms with Crippen LogP contribution in [0.4, 0.5) is 0 Å². The number of guanidine groups is 1. The van der Waals surface area contributed by atoms with Crippen LogP contribution in [0.3, 0.4) is 0 Å². The first-order valence-corrected chi connectivity index (χ1v) is 10.4. The minimum atomic E-state index is 0. The lowest BCUT2D eigenvalue weighted by atomic mass is 9.80. The van der Waals surface area contributed by atoms with Gasteiger partial charge >= 0.3 is 0 Å². The van der Waals surface area contributed by atoms with Crippen molar-refractivity contribution in [3.05, 3.63) is 0 Å². The summed E-state index contributed by atoms with van der Waals surface area (Å²) in [6.45, 7) is 4.12. The highest BCUT2D eigenvalue weighted by Crippen LogP contribution is 2.45. The number of halogens is 1. The van der Waals surface area contributed by atoms with E-state index in [0.717, 1.165) is 56.9 Å². The van der Waals surface area contributed by atoms with Gasteiger partial charge in [0.25, 0.3) is 0 Å². The number of likely N-dealkylation sites (N-methyl/N-ethyl adjacent to an activating group) is 1. The number of carbonyl (C=O) groups is 1. The predicted octanol–water partition coefficient (Wildman–Crippen LogP) is 2.33. The number of rotatable bonds is 5. The van der Waals surface area contributed by atoms with E-state index in [0.29, 0.717) is 11.5 Å². The topological polar surface area (TPSA) is 57.2 Å². The molecule has 2 saturated carbocycles. The number of likely N-dealkylation sites (tertiary alicyclic amines) is 1. The van der Waals surface area contributed by atoms with Crippen LogP contribution in [0.1, 0.15) is 44.9 Å². The van der Waals surface area contributed by atoms with Crippen LogP contribution in [0.15, 0.2) is 4.99 Å². The molecule has 0 aromatic rings. The molecule has 2 aliphatic carbocycles. The zero-order valence-corrected chi connectivity index (χ0v) is 19.1. The molecular formula is C20H35IN4O2. The summed E-state index contributed by atoms with van der Waals surface area (Å²) in [5.41, 5.74) is 0.390. The summed E-state index contributed by atoms with van der Waals surface area (Å²) >= 11 is 0. The Morgan fingerprint density at radius 2 is 1.81 bits per heavy atom. The molecule has 0 aromatic heterocycles. The highest BCUT2D eigenvalue weighted by atomic mass is 127. The Morgan fingerprint density at radius 3 is 2.37 bits per heavy atom. The van der Waals surface area contributed by atoms with Crippen LogP contribution in [0.5, 0.6) is 0 Å². The molecule has 4 aliphatic rings. The van der Waals surface area contributed by atoms with Gasteiger partial charge in [0.1, 0.15) is 6.54 Å². The third-order valence-corrected chi connectivity index (χ3v) is 6.71. The Hall–Kier alpha value is -0.570. The fraction of sp³-hybridized carbons (Fsp3) is 0.900. The summed E-state index contributed by atoms with van der Waals surface area (Å²) in [6.07, 6.45) is 8.91. The van der Waals surface area contributed by atoms with Crippen LogP contribution >= 0.6 is 24.0 Å². The van der Waals surface area contributed by atoms with E-state index < -0.39 is 0 Å². The molecule has 7 heteroatoms. The molecule has 1 amide bonds. The normalized spacial score (nSPS) is 24.9. The average molecular weight is 490 g/mol. The molecule has 1 spiro atoms. The van der Waals surface area contributed by atoms with Crippen molar-refractivity contribution in [2.75, 3.05) is 46.9 Å². The van der Waals surface area contributed by atoms with Crippen LogP contribution < -0.4 is 5.32 Å². The summed E-state index contributed by atoms with van der Waals surface area (Å²) in [6, 6.07) is 0.564. The van der Waals surface area contributed by atoms with E-state index >= 15 is 0 Å². The molecule has 0 unspecified atom stereocenters. The van der Waals surface area contributed by atoms with Crippen LogP contribution in [0.2, 0.25) is 0 Å². The third kappa shape index (κ3) is 5.28. The number of aliphatic imine (C=N–C) groups is 1. The molecule has 4 fully saturated rings. The van der Waals surface area contributed by atoms with E-state index in [1.165, 1.54) is 32.1 Å². The van der Waals surface area contributed by atoms with Gasteiger partial charge in [0.05, 0.1) is 0 Å². The van der Waals surface area contributed by atoms with Crippen molar-refractivity contribution in [1.29, 1.82) is 0 Å². The lowest BCUT2D eigenvalue weighted by Crippen LogP contribution is -2.48. The molecule has 1 N–H and O–H groups in total. The Labute approximate surface area is 180 Å². The molecule has 27 heavy (non-hydrogen) atoms. The maximum absolute atomic E-state index is 12.1. The molecule has 2 heterocycles. The summed E-state index contributed by atoms with van der Waals surface area (Å²) in [5.74, 6) is 2.68. The van der Waals surface area contributed by atoms with Gasteiger partial charge in [-0.1, -0.05) is 0 Å². The van der Waals surface area contributed by atoms with Gasteiger partial charge in [-0.25, -0.2) is 4.99 Å². The average Bonchev–Trinajstić information content (AvgIpc) is 3.55. The van der Waals surface area contributed by atoms with Gasteiger partial charge in [-0.2, -0.15) is 0 Å². The number of hydrogen-bond donors (Lipinski definition) is 1.